The molecule has 2 aliphatic heterocycles. The second-order valence-corrected chi connectivity index (χ2v) is 4.93. The van der Waals surface area contributed by atoms with Crippen LogP contribution in [-0.4, -0.2) is 67.8 Å². The lowest BCUT2D eigenvalue weighted by molar-refractivity contribution is 0.0162. The van der Waals surface area contributed by atoms with Crippen LogP contribution in [0.5, 0.6) is 0 Å². The zero-order chi connectivity index (χ0) is 11.4. The maximum Gasteiger partial charge on any atom is 0.0707 e. The fourth-order valence-electron chi connectivity index (χ4n) is 2.66. The molecule has 2 heterocycles. The molecule has 0 amide bonds. The third-order valence-corrected chi connectivity index (χ3v) is 3.83. The Labute approximate surface area is 98.7 Å². The summed E-state index contributed by atoms with van der Waals surface area (Å²) in [6, 6.07) is 0. The van der Waals surface area contributed by atoms with Gasteiger partial charge in [0.05, 0.1) is 12.2 Å². The number of piperazine rings is 1. The molecular weight excluding hydrogens is 202 g/mol. The van der Waals surface area contributed by atoms with Crippen LogP contribution in [0.25, 0.3) is 0 Å². The predicted octanol–water partition coefficient (Wildman–Crippen LogP) is 0.130. The van der Waals surface area contributed by atoms with Crippen molar-refractivity contribution in [1.82, 2.24) is 9.80 Å². The zero-order valence-corrected chi connectivity index (χ0v) is 10.4. The van der Waals surface area contributed by atoms with E-state index in [2.05, 4.69) is 16.7 Å². The van der Waals surface area contributed by atoms with E-state index in [-0.39, 0.29) is 0 Å². The molecule has 0 aromatic carbocycles. The summed E-state index contributed by atoms with van der Waals surface area (Å²) in [5.74, 6) is 0. The van der Waals surface area contributed by atoms with E-state index in [9.17, 15) is 0 Å². The molecule has 2 aliphatic rings. The molecule has 4 heteroatoms. The first-order valence-electron chi connectivity index (χ1n) is 6.62. The first-order valence-corrected chi connectivity index (χ1v) is 6.62. The fourth-order valence-corrected chi connectivity index (χ4v) is 2.66. The Morgan fingerprint density at radius 1 is 1.06 bits per heavy atom. The maximum absolute atomic E-state index is 5.89. The average molecular weight is 227 g/mol. The van der Waals surface area contributed by atoms with Crippen LogP contribution in [0, 0.1) is 0 Å². The van der Waals surface area contributed by atoms with Gasteiger partial charge in [0.2, 0.25) is 0 Å². The third kappa shape index (κ3) is 3.17. The van der Waals surface area contributed by atoms with Crippen molar-refractivity contribution in [2.45, 2.75) is 32.0 Å². The van der Waals surface area contributed by atoms with Gasteiger partial charge >= 0.3 is 0 Å². The number of likely N-dealkylation sites (N-methyl/N-ethyl adjacent to an activating group) is 1. The van der Waals surface area contributed by atoms with Crippen LogP contribution >= 0.6 is 0 Å². The van der Waals surface area contributed by atoms with Gasteiger partial charge in [0.1, 0.15) is 0 Å². The molecule has 0 bridgehead atoms. The highest BCUT2D eigenvalue weighted by Gasteiger charge is 2.26. The summed E-state index contributed by atoms with van der Waals surface area (Å²) in [5, 5.41) is 0. The molecule has 0 aliphatic carbocycles. The summed E-state index contributed by atoms with van der Waals surface area (Å²) in [5.41, 5.74) is 5.62. The van der Waals surface area contributed by atoms with E-state index < -0.39 is 0 Å². The Kier molecular flexibility index (Phi) is 4.58. The van der Waals surface area contributed by atoms with Gasteiger partial charge in [-0.3, -0.25) is 4.90 Å². The largest absolute Gasteiger partial charge is 0.372 e. The lowest BCUT2D eigenvalue weighted by Crippen LogP contribution is -2.48. The minimum absolute atomic E-state index is 0.321. The Morgan fingerprint density at radius 2 is 1.69 bits per heavy atom. The molecule has 2 saturated heterocycles. The van der Waals surface area contributed by atoms with Gasteiger partial charge in [-0.15, -0.1) is 0 Å². The summed E-state index contributed by atoms with van der Waals surface area (Å²) >= 11 is 0. The lowest BCUT2D eigenvalue weighted by atomic mass is 10.2. The summed E-state index contributed by atoms with van der Waals surface area (Å²) in [4.78, 5) is 5.05. The number of nitrogens with zero attached hydrogens (tertiary/aromatic N) is 2. The smallest absolute Gasteiger partial charge is 0.0707 e. The molecule has 0 aromatic rings. The van der Waals surface area contributed by atoms with E-state index in [0.717, 1.165) is 13.0 Å². The van der Waals surface area contributed by atoms with Crippen molar-refractivity contribution in [2.75, 3.05) is 45.8 Å². The molecule has 0 saturated carbocycles. The first kappa shape index (κ1) is 12.3. The number of hydrogen-bond donors (Lipinski definition) is 1. The Hall–Kier alpha value is -0.160. The highest BCUT2D eigenvalue weighted by molar-refractivity contribution is 4.79. The molecule has 2 N–H and O–H groups in total. The van der Waals surface area contributed by atoms with Crippen molar-refractivity contribution >= 4 is 0 Å². The van der Waals surface area contributed by atoms with E-state index in [4.69, 9.17) is 10.5 Å². The van der Waals surface area contributed by atoms with E-state index in [0.29, 0.717) is 18.8 Å². The second kappa shape index (κ2) is 5.96. The van der Waals surface area contributed by atoms with Crippen molar-refractivity contribution in [2.24, 2.45) is 5.73 Å². The Bertz CT molecular complexity index is 204. The van der Waals surface area contributed by atoms with E-state index in [1.807, 2.05) is 0 Å². The Balaban J connectivity index is 1.67. The molecule has 2 rings (SSSR count). The number of hydrogen-bond acceptors (Lipinski definition) is 4. The van der Waals surface area contributed by atoms with Crippen LogP contribution in [0.15, 0.2) is 0 Å². The van der Waals surface area contributed by atoms with Crippen molar-refractivity contribution in [3.8, 4) is 0 Å². The molecule has 4 nitrogen and oxygen atoms in total. The van der Waals surface area contributed by atoms with Crippen LogP contribution in [0.1, 0.15) is 19.8 Å². The van der Waals surface area contributed by atoms with Crippen LogP contribution < -0.4 is 5.73 Å². The molecule has 2 fully saturated rings. The molecule has 16 heavy (non-hydrogen) atoms. The summed E-state index contributed by atoms with van der Waals surface area (Å²) < 4.78 is 5.89. The molecule has 0 spiro atoms. The summed E-state index contributed by atoms with van der Waals surface area (Å²) in [6.07, 6.45) is 3.09. The quantitative estimate of drug-likeness (QED) is 0.741. The van der Waals surface area contributed by atoms with Crippen LogP contribution in [-0.2, 0) is 4.74 Å². The van der Waals surface area contributed by atoms with Gasteiger partial charge in [0.15, 0.2) is 0 Å². The van der Waals surface area contributed by atoms with Crippen molar-refractivity contribution < 1.29 is 4.74 Å². The van der Waals surface area contributed by atoms with Gasteiger partial charge in [-0.2, -0.15) is 0 Å². The second-order valence-electron chi connectivity index (χ2n) is 4.93. The molecule has 0 radical (unpaired) electrons. The average Bonchev–Trinajstić information content (AvgIpc) is 2.78. The fraction of sp³-hybridized carbons (Fsp3) is 1.00. The van der Waals surface area contributed by atoms with Gasteiger partial charge in [0.25, 0.3) is 0 Å². The maximum atomic E-state index is 5.89. The van der Waals surface area contributed by atoms with Gasteiger partial charge in [0, 0.05) is 39.3 Å². The SMILES string of the molecule is CCN1CCN(CC2CCC(CN)O2)CC1. The van der Waals surface area contributed by atoms with Crippen LogP contribution in [0.4, 0.5) is 0 Å². The molecule has 2 unspecified atom stereocenters. The first-order chi connectivity index (χ1) is 7.81. The zero-order valence-electron chi connectivity index (χ0n) is 10.4. The van der Waals surface area contributed by atoms with E-state index in [1.54, 1.807) is 0 Å². The highest BCUT2D eigenvalue weighted by Crippen LogP contribution is 2.20. The topological polar surface area (TPSA) is 41.7 Å². The third-order valence-electron chi connectivity index (χ3n) is 3.83. The van der Waals surface area contributed by atoms with Crippen molar-refractivity contribution in [1.29, 1.82) is 0 Å². The predicted molar refractivity (Wildman–Crippen MR) is 65.5 cm³/mol. The molecule has 0 aromatic heterocycles. The monoisotopic (exact) mass is 227 g/mol. The standard InChI is InChI=1S/C12H25N3O/c1-2-14-5-7-15(8-6-14)10-12-4-3-11(9-13)16-12/h11-12H,2-10,13H2,1H3. The van der Waals surface area contributed by atoms with Gasteiger partial charge < -0.3 is 15.4 Å². The van der Waals surface area contributed by atoms with E-state index in [1.165, 1.54) is 39.1 Å². The van der Waals surface area contributed by atoms with Crippen molar-refractivity contribution in [3.63, 3.8) is 0 Å². The minimum Gasteiger partial charge on any atom is -0.372 e. The molecule has 2 atom stereocenters. The number of rotatable bonds is 4. The number of nitrogens with two attached hydrogens (primary N) is 1. The summed E-state index contributed by atoms with van der Waals surface area (Å²) in [7, 11) is 0. The van der Waals surface area contributed by atoms with Crippen LogP contribution in [0.2, 0.25) is 0 Å². The van der Waals surface area contributed by atoms with Gasteiger partial charge in [-0.1, -0.05) is 6.92 Å². The lowest BCUT2D eigenvalue weighted by Gasteiger charge is -2.35. The normalized spacial score (nSPS) is 33.4. The summed E-state index contributed by atoms with van der Waals surface area (Å²) in [6.45, 7) is 10.0. The number of ether oxygens (including phenoxy) is 1. The van der Waals surface area contributed by atoms with Gasteiger partial charge in [-0.05, 0) is 19.4 Å². The van der Waals surface area contributed by atoms with Gasteiger partial charge in [-0.25, -0.2) is 0 Å². The minimum atomic E-state index is 0.321. The van der Waals surface area contributed by atoms with Crippen molar-refractivity contribution in [3.05, 3.63) is 0 Å². The molecular formula is C12H25N3O. The molecule has 94 valence electrons. The van der Waals surface area contributed by atoms with Crippen LogP contribution in [0.3, 0.4) is 0 Å². The highest BCUT2D eigenvalue weighted by atomic mass is 16.5. The Morgan fingerprint density at radius 3 is 2.25 bits per heavy atom. The van der Waals surface area contributed by atoms with E-state index >= 15 is 0 Å².